The van der Waals surface area contributed by atoms with E-state index in [1.807, 2.05) is 41.4 Å². The molecule has 1 unspecified atom stereocenters. The SMILES string of the molecule is COc1ccc(C2=NN(c3cccc(Cl)c3Cl)C(c3ccc(F)cc3)C2)cc1. The fourth-order valence-corrected chi connectivity index (χ4v) is 3.69. The molecule has 6 heteroatoms. The third-order valence-corrected chi connectivity index (χ3v) is 5.58. The lowest BCUT2D eigenvalue weighted by molar-refractivity contribution is 0.415. The second-order valence-electron chi connectivity index (χ2n) is 6.46. The molecule has 0 saturated carbocycles. The molecule has 0 saturated heterocycles. The van der Waals surface area contributed by atoms with Crippen molar-refractivity contribution in [2.24, 2.45) is 5.10 Å². The van der Waals surface area contributed by atoms with Gasteiger partial charge in [-0.25, -0.2) is 4.39 Å². The third-order valence-electron chi connectivity index (χ3n) is 4.77. The summed E-state index contributed by atoms with van der Waals surface area (Å²) in [4.78, 5) is 0. The van der Waals surface area contributed by atoms with E-state index >= 15 is 0 Å². The fourth-order valence-electron chi connectivity index (χ4n) is 3.30. The topological polar surface area (TPSA) is 24.8 Å². The molecule has 0 spiro atoms. The minimum absolute atomic E-state index is 0.117. The van der Waals surface area contributed by atoms with Gasteiger partial charge in [-0.3, -0.25) is 5.01 Å². The number of hydrogen-bond donors (Lipinski definition) is 0. The molecule has 142 valence electrons. The monoisotopic (exact) mass is 414 g/mol. The van der Waals surface area contributed by atoms with E-state index in [-0.39, 0.29) is 11.9 Å². The molecule has 1 aliphatic rings. The molecule has 0 bridgehead atoms. The Morgan fingerprint density at radius 1 is 1.00 bits per heavy atom. The summed E-state index contributed by atoms with van der Waals surface area (Å²) in [5, 5.41) is 7.60. The van der Waals surface area contributed by atoms with Gasteiger partial charge in [0.05, 0.1) is 34.6 Å². The predicted octanol–water partition coefficient (Wildman–Crippen LogP) is 6.50. The van der Waals surface area contributed by atoms with Crippen molar-refractivity contribution in [2.45, 2.75) is 12.5 Å². The van der Waals surface area contributed by atoms with Gasteiger partial charge in [0.15, 0.2) is 0 Å². The van der Waals surface area contributed by atoms with E-state index in [4.69, 9.17) is 33.0 Å². The molecular weight excluding hydrogens is 398 g/mol. The minimum atomic E-state index is -0.273. The van der Waals surface area contributed by atoms with Gasteiger partial charge >= 0.3 is 0 Å². The molecule has 1 atom stereocenters. The number of ether oxygens (including phenoxy) is 1. The maximum atomic E-state index is 13.4. The standard InChI is InChI=1S/C22H17Cl2FN2O/c1-28-17-11-7-14(8-12-17)19-13-21(15-5-9-16(25)10-6-15)27(26-19)20-4-2-3-18(23)22(20)24/h2-12,21H,13H2,1H3. The van der Waals surface area contributed by atoms with Gasteiger partial charge in [-0.05, 0) is 59.7 Å². The van der Waals surface area contributed by atoms with Crippen molar-refractivity contribution in [2.75, 3.05) is 12.1 Å². The van der Waals surface area contributed by atoms with E-state index in [0.717, 1.165) is 22.6 Å². The van der Waals surface area contributed by atoms with Crippen LogP contribution in [0, 0.1) is 5.82 Å². The van der Waals surface area contributed by atoms with Crippen LogP contribution < -0.4 is 9.75 Å². The Balaban J connectivity index is 1.77. The second-order valence-corrected chi connectivity index (χ2v) is 7.25. The average Bonchev–Trinajstić information content (AvgIpc) is 3.16. The summed E-state index contributed by atoms with van der Waals surface area (Å²) in [6.07, 6.45) is 0.654. The largest absolute Gasteiger partial charge is 0.497 e. The maximum Gasteiger partial charge on any atom is 0.123 e. The molecule has 3 aromatic carbocycles. The summed E-state index contributed by atoms with van der Waals surface area (Å²) >= 11 is 12.7. The van der Waals surface area contributed by atoms with Crippen molar-refractivity contribution in [3.63, 3.8) is 0 Å². The molecule has 3 nitrogen and oxygen atoms in total. The van der Waals surface area contributed by atoms with Crippen LogP contribution in [0.4, 0.5) is 10.1 Å². The highest BCUT2D eigenvalue weighted by Gasteiger charge is 2.31. The molecule has 0 aliphatic carbocycles. The highest BCUT2D eigenvalue weighted by atomic mass is 35.5. The summed E-state index contributed by atoms with van der Waals surface area (Å²) < 4.78 is 18.7. The highest BCUT2D eigenvalue weighted by molar-refractivity contribution is 6.43. The van der Waals surface area contributed by atoms with Crippen LogP contribution in [0.25, 0.3) is 0 Å². The summed E-state index contributed by atoms with van der Waals surface area (Å²) in [7, 11) is 1.63. The number of halogens is 3. The molecule has 3 aromatic rings. The number of hydrazone groups is 1. The van der Waals surface area contributed by atoms with Gasteiger partial charge in [0.2, 0.25) is 0 Å². The second kappa shape index (κ2) is 7.82. The first kappa shape index (κ1) is 18.8. The highest BCUT2D eigenvalue weighted by Crippen LogP contribution is 2.42. The lowest BCUT2D eigenvalue weighted by atomic mass is 9.98. The summed E-state index contributed by atoms with van der Waals surface area (Å²) in [5.74, 6) is 0.512. The average molecular weight is 415 g/mol. The van der Waals surface area contributed by atoms with Crippen molar-refractivity contribution in [1.29, 1.82) is 0 Å². The smallest absolute Gasteiger partial charge is 0.123 e. The Kier molecular flexibility index (Phi) is 5.25. The quantitative estimate of drug-likeness (QED) is 0.486. The van der Waals surface area contributed by atoms with Gasteiger partial charge in [0.1, 0.15) is 11.6 Å². The Morgan fingerprint density at radius 3 is 2.39 bits per heavy atom. The predicted molar refractivity (Wildman–Crippen MR) is 112 cm³/mol. The molecule has 1 aliphatic heterocycles. The van der Waals surface area contributed by atoms with Crippen molar-refractivity contribution in [1.82, 2.24) is 0 Å². The normalized spacial score (nSPS) is 16.2. The zero-order valence-corrected chi connectivity index (χ0v) is 16.6. The number of anilines is 1. The Bertz CT molecular complexity index is 1020. The fraction of sp³-hybridized carbons (Fsp3) is 0.136. The summed E-state index contributed by atoms with van der Waals surface area (Å²) in [6.45, 7) is 0. The molecular formula is C22H17Cl2FN2O. The first-order valence-electron chi connectivity index (χ1n) is 8.77. The molecule has 4 rings (SSSR count). The van der Waals surface area contributed by atoms with E-state index in [9.17, 15) is 4.39 Å². The summed E-state index contributed by atoms with van der Waals surface area (Å²) in [6, 6.07) is 19.6. The van der Waals surface area contributed by atoms with Crippen LogP contribution in [0.1, 0.15) is 23.6 Å². The lowest BCUT2D eigenvalue weighted by Crippen LogP contribution is -2.19. The van der Waals surface area contributed by atoms with Gasteiger partial charge < -0.3 is 4.74 Å². The number of nitrogens with zero attached hydrogens (tertiary/aromatic N) is 2. The van der Waals surface area contributed by atoms with E-state index in [1.54, 1.807) is 25.3 Å². The minimum Gasteiger partial charge on any atom is -0.497 e. The van der Waals surface area contributed by atoms with E-state index in [2.05, 4.69) is 0 Å². The van der Waals surface area contributed by atoms with Crippen molar-refractivity contribution in [3.05, 3.63) is 93.7 Å². The first-order chi connectivity index (χ1) is 13.6. The molecule has 0 N–H and O–H groups in total. The molecule has 1 heterocycles. The summed E-state index contributed by atoms with van der Waals surface area (Å²) in [5.41, 5.74) is 3.57. The molecule has 0 radical (unpaired) electrons. The lowest BCUT2D eigenvalue weighted by Gasteiger charge is -2.25. The van der Waals surface area contributed by atoms with Crippen LogP contribution in [0.2, 0.25) is 10.0 Å². The van der Waals surface area contributed by atoms with Crippen molar-refractivity contribution in [3.8, 4) is 5.75 Å². The third kappa shape index (κ3) is 3.58. The Morgan fingerprint density at radius 2 is 1.71 bits per heavy atom. The van der Waals surface area contributed by atoms with E-state index in [0.29, 0.717) is 22.2 Å². The van der Waals surface area contributed by atoms with Gasteiger partial charge in [0, 0.05) is 6.42 Å². The van der Waals surface area contributed by atoms with Crippen LogP contribution in [0.3, 0.4) is 0 Å². The van der Waals surface area contributed by atoms with E-state index < -0.39 is 0 Å². The number of methoxy groups -OCH3 is 1. The van der Waals surface area contributed by atoms with Crippen molar-refractivity contribution >= 4 is 34.6 Å². The maximum absolute atomic E-state index is 13.4. The first-order valence-corrected chi connectivity index (χ1v) is 9.53. The van der Waals surface area contributed by atoms with Crippen LogP contribution in [-0.4, -0.2) is 12.8 Å². The Hall–Kier alpha value is -2.56. The van der Waals surface area contributed by atoms with Crippen molar-refractivity contribution < 1.29 is 9.13 Å². The van der Waals surface area contributed by atoms with Crippen LogP contribution in [0.5, 0.6) is 5.75 Å². The zero-order chi connectivity index (χ0) is 19.7. The Labute approximate surface area is 173 Å². The van der Waals surface area contributed by atoms with Gasteiger partial charge in [-0.15, -0.1) is 0 Å². The van der Waals surface area contributed by atoms with Gasteiger partial charge in [-0.2, -0.15) is 5.10 Å². The number of hydrogen-bond acceptors (Lipinski definition) is 3. The number of benzene rings is 3. The van der Waals surface area contributed by atoms with Crippen LogP contribution >= 0.6 is 23.2 Å². The van der Waals surface area contributed by atoms with Crippen LogP contribution in [0.15, 0.2) is 71.8 Å². The van der Waals surface area contributed by atoms with Crippen LogP contribution in [-0.2, 0) is 0 Å². The molecule has 28 heavy (non-hydrogen) atoms. The molecule has 0 aromatic heterocycles. The number of rotatable bonds is 4. The van der Waals surface area contributed by atoms with Gasteiger partial charge in [0.25, 0.3) is 0 Å². The molecule has 0 fully saturated rings. The zero-order valence-electron chi connectivity index (χ0n) is 15.1. The molecule has 0 amide bonds. The van der Waals surface area contributed by atoms with E-state index in [1.165, 1.54) is 12.1 Å². The van der Waals surface area contributed by atoms with Gasteiger partial charge in [-0.1, -0.05) is 41.4 Å².